The number of aromatic nitrogens is 5. The highest BCUT2D eigenvalue weighted by molar-refractivity contribution is 6.29. The van der Waals surface area contributed by atoms with Gasteiger partial charge in [-0.1, -0.05) is 25.4 Å². The largest absolute Gasteiger partial charge is 0.468 e. The molecule has 4 heterocycles. The van der Waals surface area contributed by atoms with Crippen LogP contribution in [-0.2, 0) is 0 Å². The third-order valence-corrected chi connectivity index (χ3v) is 6.77. The molecule has 1 aliphatic heterocycles. The number of anilines is 2. The maximum Gasteiger partial charge on any atom is 0.422 e. The summed E-state index contributed by atoms with van der Waals surface area (Å²) in [5.41, 5.74) is 2.34. The molecule has 1 N–H and O–H groups in total. The summed E-state index contributed by atoms with van der Waals surface area (Å²) in [5.74, 6) is 1.26. The lowest BCUT2D eigenvalue weighted by Gasteiger charge is -2.39. The summed E-state index contributed by atoms with van der Waals surface area (Å²) >= 11 is 6.02. The van der Waals surface area contributed by atoms with E-state index in [2.05, 4.69) is 30.5 Å². The van der Waals surface area contributed by atoms with E-state index in [1.807, 2.05) is 19.9 Å². The highest BCUT2D eigenvalue weighted by Crippen LogP contribution is 2.40. The molecule has 2 fully saturated rings. The second kappa shape index (κ2) is 8.75. The second-order valence-corrected chi connectivity index (χ2v) is 9.65. The number of hydrogen-bond donors (Lipinski definition) is 1. The Kier molecular flexibility index (Phi) is 5.91. The molecule has 3 aromatic heterocycles. The van der Waals surface area contributed by atoms with Gasteiger partial charge in [0.1, 0.15) is 0 Å². The molecular formula is C22H25ClF3N7O. The maximum atomic E-state index is 12.7. The van der Waals surface area contributed by atoms with Gasteiger partial charge in [-0.2, -0.15) is 27.8 Å². The Bertz CT molecular complexity index is 1170. The third-order valence-electron chi connectivity index (χ3n) is 6.59. The fraction of sp³-hybridized carbons (Fsp3) is 0.545. The van der Waals surface area contributed by atoms with E-state index in [0.29, 0.717) is 28.6 Å². The first-order valence-electron chi connectivity index (χ1n) is 11.3. The van der Waals surface area contributed by atoms with Gasteiger partial charge in [0.05, 0.1) is 11.9 Å². The van der Waals surface area contributed by atoms with Crippen molar-refractivity contribution in [3.63, 3.8) is 0 Å². The SMILES string of the molecule is CC(C)c1ccc(OCC(F)(F)F)n2nc(NC3[C@@H]4CC[C@H]3CN(c3cnnc(Cl)c3)C4)nc12. The molecule has 8 nitrogen and oxygen atoms in total. The minimum atomic E-state index is -4.44. The van der Waals surface area contributed by atoms with Gasteiger partial charge >= 0.3 is 6.18 Å². The second-order valence-electron chi connectivity index (χ2n) is 9.27. The van der Waals surface area contributed by atoms with Crippen LogP contribution in [0.1, 0.15) is 38.2 Å². The Morgan fingerprint density at radius 3 is 2.59 bits per heavy atom. The van der Waals surface area contributed by atoms with Gasteiger partial charge in [0.25, 0.3) is 0 Å². The first-order valence-corrected chi connectivity index (χ1v) is 11.6. The van der Waals surface area contributed by atoms with E-state index < -0.39 is 12.8 Å². The van der Waals surface area contributed by atoms with Gasteiger partial charge in [0.15, 0.2) is 17.4 Å². The average molecular weight is 496 g/mol. The molecule has 182 valence electrons. The van der Waals surface area contributed by atoms with Gasteiger partial charge in [-0.3, -0.25) is 0 Å². The number of alkyl halides is 3. The maximum absolute atomic E-state index is 12.7. The lowest BCUT2D eigenvalue weighted by atomic mass is 9.92. The summed E-state index contributed by atoms with van der Waals surface area (Å²) in [6.07, 6.45) is -0.587. The summed E-state index contributed by atoms with van der Waals surface area (Å²) in [6.45, 7) is 4.29. The molecule has 5 rings (SSSR count). The van der Waals surface area contributed by atoms with Crippen LogP contribution in [0.3, 0.4) is 0 Å². The summed E-state index contributed by atoms with van der Waals surface area (Å²) < 4.78 is 44.6. The van der Waals surface area contributed by atoms with Gasteiger partial charge < -0.3 is 15.0 Å². The van der Waals surface area contributed by atoms with E-state index in [-0.39, 0.29) is 17.8 Å². The number of hydrogen-bond acceptors (Lipinski definition) is 7. The zero-order valence-electron chi connectivity index (χ0n) is 18.8. The van der Waals surface area contributed by atoms with E-state index >= 15 is 0 Å². The monoisotopic (exact) mass is 495 g/mol. The van der Waals surface area contributed by atoms with Gasteiger partial charge in [-0.15, -0.1) is 10.2 Å². The van der Waals surface area contributed by atoms with E-state index in [1.54, 1.807) is 12.3 Å². The van der Waals surface area contributed by atoms with Crippen LogP contribution in [0.15, 0.2) is 24.4 Å². The quantitative estimate of drug-likeness (QED) is 0.536. The van der Waals surface area contributed by atoms with Crippen LogP contribution >= 0.6 is 11.6 Å². The van der Waals surface area contributed by atoms with Crippen molar-refractivity contribution in [1.82, 2.24) is 24.8 Å². The number of fused-ring (bicyclic) bond motifs is 3. The van der Waals surface area contributed by atoms with Crippen LogP contribution in [0.5, 0.6) is 5.88 Å². The predicted octanol–water partition coefficient (Wildman–Crippen LogP) is 4.56. The molecule has 12 heteroatoms. The lowest BCUT2D eigenvalue weighted by molar-refractivity contribution is -0.154. The first kappa shape index (κ1) is 22.9. The van der Waals surface area contributed by atoms with Gasteiger partial charge in [-0.25, -0.2) is 0 Å². The van der Waals surface area contributed by atoms with Crippen LogP contribution in [-0.4, -0.2) is 56.7 Å². The van der Waals surface area contributed by atoms with Crippen molar-refractivity contribution >= 4 is 28.9 Å². The van der Waals surface area contributed by atoms with Crippen molar-refractivity contribution in [3.05, 3.63) is 35.1 Å². The molecule has 1 unspecified atom stereocenters. The topological polar surface area (TPSA) is 80.5 Å². The fourth-order valence-corrected chi connectivity index (χ4v) is 5.21. The van der Waals surface area contributed by atoms with Crippen LogP contribution < -0.4 is 15.0 Å². The molecule has 34 heavy (non-hydrogen) atoms. The van der Waals surface area contributed by atoms with Crippen LogP contribution in [0, 0.1) is 11.8 Å². The highest BCUT2D eigenvalue weighted by atomic mass is 35.5. The average Bonchev–Trinajstić information content (AvgIpc) is 3.28. The molecule has 1 aliphatic carbocycles. The summed E-state index contributed by atoms with van der Waals surface area (Å²) in [7, 11) is 0. The lowest BCUT2D eigenvalue weighted by Crippen LogP contribution is -2.48. The van der Waals surface area contributed by atoms with Gasteiger partial charge in [0, 0.05) is 31.3 Å². The molecule has 0 amide bonds. The number of piperidine rings is 1. The Hall–Kier alpha value is -2.82. The van der Waals surface area contributed by atoms with Crippen molar-refractivity contribution in [2.45, 2.75) is 44.8 Å². The van der Waals surface area contributed by atoms with Crippen LogP contribution in [0.25, 0.3) is 5.65 Å². The van der Waals surface area contributed by atoms with Crippen molar-refractivity contribution in [2.75, 3.05) is 29.9 Å². The smallest absolute Gasteiger partial charge is 0.422 e. The standard InChI is InChI=1S/C22H25ClF3N7O/c1-12(2)16-5-6-18(34-11-22(24,25)26)33-20(16)29-21(31-33)28-19-13-3-4-14(19)10-32(9-13)15-7-17(23)30-27-8-15/h5-8,12-14,19H,3-4,9-11H2,1-2H3,(H,28,31)/t13-,14+,19?. The van der Waals surface area contributed by atoms with Crippen LogP contribution in [0.4, 0.5) is 24.8 Å². The summed E-state index contributed by atoms with van der Waals surface area (Å²) in [5, 5.41) is 16.1. The molecule has 0 spiro atoms. The number of nitrogens with one attached hydrogen (secondary N) is 1. The predicted molar refractivity (Wildman–Crippen MR) is 122 cm³/mol. The zero-order valence-corrected chi connectivity index (χ0v) is 19.5. The molecule has 0 radical (unpaired) electrons. The molecule has 2 aliphatic rings. The highest BCUT2D eigenvalue weighted by Gasteiger charge is 2.42. The van der Waals surface area contributed by atoms with E-state index in [0.717, 1.165) is 37.2 Å². The van der Waals surface area contributed by atoms with Crippen molar-refractivity contribution in [2.24, 2.45) is 11.8 Å². The Labute approximate surface area is 199 Å². The Morgan fingerprint density at radius 2 is 1.94 bits per heavy atom. The van der Waals surface area contributed by atoms with Crippen molar-refractivity contribution < 1.29 is 17.9 Å². The molecular weight excluding hydrogens is 471 g/mol. The molecule has 1 saturated heterocycles. The van der Waals surface area contributed by atoms with E-state index in [1.165, 1.54) is 10.6 Å². The fourth-order valence-electron chi connectivity index (χ4n) is 5.06. The number of halogens is 4. The summed E-state index contributed by atoms with van der Waals surface area (Å²) in [6, 6.07) is 5.26. The third kappa shape index (κ3) is 4.57. The van der Waals surface area contributed by atoms with E-state index in [4.69, 9.17) is 16.3 Å². The van der Waals surface area contributed by atoms with Gasteiger partial charge in [0.2, 0.25) is 11.8 Å². The minimum Gasteiger partial charge on any atom is -0.468 e. The van der Waals surface area contributed by atoms with Crippen LogP contribution in [0.2, 0.25) is 5.15 Å². The van der Waals surface area contributed by atoms with Gasteiger partial charge in [-0.05, 0) is 42.2 Å². The molecule has 3 aromatic rings. The number of ether oxygens (including phenoxy) is 1. The Balaban J connectivity index is 1.38. The first-order chi connectivity index (χ1) is 16.2. The summed E-state index contributed by atoms with van der Waals surface area (Å²) in [4.78, 5) is 6.92. The number of pyridine rings is 1. The Morgan fingerprint density at radius 1 is 1.21 bits per heavy atom. The van der Waals surface area contributed by atoms with E-state index in [9.17, 15) is 13.2 Å². The molecule has 0 aromatic carbocycles. The molecule has 2 bridgehead atoms. The normalized spacial score (nSPS) is 22.6. The number of rotatable bonds is 6. The van der Waals surface area contributed by atoms with Crippen molar-refractivity contribution in [1.29, 1.82) is 0 Å². The zero-order chi connectivity index (χ0) is 24.0. The van der Waals surface area contributed by atoms with Crippen molar-refractivity contribution in [3.8, 4) is 5.88 Å². The number of nitrogens with zero attached hydrogens (tertiary/aromatic N) is 6. The minimum absolute atomic E-state index is 0.0112. The molecule has 1 saturated carbocycles. The molecule has 3 atom stereocenters.